The monoisotopic (exact) mass is 278 g/mol. The molecule has 0 saturated carbocycles. The van der Waals surface area contributed by atoms with Crippen LogP contribution in [0, 0.1) is 0 Å². The number of aliphatic hydroxyl groups is 2. The molecule has 0 aliphatic heterocycles. The van der Waals surface area contributed by atoms with Crippen molar-refractivity contribution in [3.05, 3.63) is 0 Å². The van der Waals surface area contributed by atoms with Gasteiger partial charge in [0.25, 0.3) is 15.2 Å². The van der Waals surface area contributed by atoms with E-state index in [1.807, 2.05) is 0 Å². The minimum Gasteiger partial charge on any atom is -0.352 e. The molecule has 98 valence electrons. The second-order valence-corrected chi connectivity index (χ2v) is 6.49. The van der Waals surface area contributed by atoms with Crippen LogP contribution in [0.2, 0.25) is 0 Å². The number of hydrogen-bond acceptors (Lipinski definition) is 6. The third kappa shape index (κ3) is 6.35. The van der Waals surface area contributed by atoms with E-state index in [1.54, 1.807) is 0 Å². The van der Waals surface area contributed by atoms with Crippen LogP contribution in [0.4, 0.5) is 0 Å². The average molecular weight is 278 g/mol. The fourth-order valence-corrected chi connectivity index (χ4v) is 1.92. The van der Waals surface area contributed by atoms with E-state index >= 15 is 0 Å². The molecule has 0 fully saturated rings. The lowest BCUT2D eigenvalue weighted by atomic mass is 10.2. The number of unbranched alkanes of at least 4 members (excludes halogenated alkanes) is 2. The van der Waals surface area contributed by atoms with Gasteiger partial charge in [-0.05, 0) is 12.8 Å². The van der Waals surface area contributed by atoms with Crippen molar-refractivity contribution in [3.63, 3.8) is 0 Å². The quantitative estimate of drug-likeness (QED) is 0.262. The lowest BCUT2D eigenvalue weighted by Gasteiger charge is -2.17. The molecule has 0 aromatic heterocycles. The molecule has 4 N–H and O–H groups in total. The van der Waals surface area contributed by atoms with Crippen LogP contribution in [0.15, 0.2) is 0 Å². The van der Waals surface area contributed by atoms with E-state index in [0.29, 0.717) is 0 Å². The largest absolute Gasteiger partial charge is 0.352 e. The van der Waals surface area contributed by atoms with E-state index in [-0.39, 0.29) is 19.3 Å². The Labute approximate surface area is 93.4 Å². The van der Waals surface area contributed by atoms with Crippen molar-refractivity contribution in [3.8, 4) is 0 Å². The zero-order chi connectivity index (χ0) is 13.0. The summed E-state index contributed by atoms with van der Waals surface area (Å²) in [6, 6.07) is 0. The van der Waals surface area contributed by atoms with Gasteiger partial charge in [-0.3, -0.25) is 9.11 Å². The highest BCUT2D eigenvalue weighted by molar-refractivity contribution is 7.86. The van der Waals surface area contributed by atoms with Gasteiger partial charge in [0.1, 0.15) is 0 Å². The van der Waals surface area contributed by atoms with Gasteiger partial charge in [-0.25, -0.2) is 0 Å². The molecule has 10 heteroatoms. The van der Waals surface area contributed by atoms with Crippen molar-refractivity contribution < 1.29 is 36.2 Å². The van der Waals surface area contributed by atoms with Crippen molar-refractivity contribution in [2.45, 2.75) is 30.8 Å². The van der Waals surface area contributed by atoms with Gasteiger partial charge >= 0.3 is 10.1 Å². The maximum atomic E-state index is 10.4. The molecule has 0 unspecified atom stereocenters. The summed E-state index contributed by atoms with van der Waals surface area (Å²) in [7, 11) is -9.04. The molecule has 0 radical (unpaired) electrons. The van der Waals surface area contributed by atoms with Gasteiger partial charge in [-0.15, -0.1) is 0 Å². The van der Waals surface area contributed by atoms with Crippen molar-refractivity contribution in [2.75, 3.05) is 5.75 Å². The first-order chi connectivity index (χ1) is 6.96. The molecule has 0 spiro atoms. The molecule has 0 bridgehead atoms. The highest BCUT2D eigenvalue weighted by Gasteiger charge is 2.37. The molecule has 0 saturated heterocycles. The van der Waals surface area contributed by atoms with Gasteiger partial charge in [0.15, 0.2) is 0 Å². The molecule has 0 aromatic rings. The van der Waals surface area contributed by atoms with Gasteiger partial charge in [-0.1, -0.05) is 6.42 Å². The smallest absolute Gasteiger partial charge is 0.321 e. The summed E-state index contributed by atoms with van der Waals surface area (Å²) in [5.74, 6) is -0.483. The van der Waals surface area contributed by atoms with Crippen LogP contribution in [0.3, 0.4) is 0 Å². The predicted molar refractivity (Wildman–Crippen MR) is 53.6 cm³/mol. The van der Waals surface area contributed by atoms with Crippen molar-refractivity contribution in [1.82, 2.24) is 0 Å². The van der Waals surface area contributed by atoms with Gasteiger partial charge in [-0.2, -0.15) is 16.8 Å². The summed E-state index contributed by atoms with van der Waals surface area (Å²) < 4.78 is 58.0. The minimum absolute atomic E-state index is 0.0255. The first kappa shape index (κ1) is 15.7. The maximum absolute atomic E-state index is 10.4. The Hall–Kier alpha value is -0.260. The van der Waals surface area contributed by atoms with Crippen LogP contribution < -0.4 is 0 Å². The average Bonchev–Trinajstić information content (AvgIpc) is 1.98. The Bertz CT molecular complexity index is 406. The molecule has 0 rings (SSSR count). The van der Waals surface area contributed by atoms with Crippen LogP contribution >= 0.6 is 0 Å². The van der Waals surface area contributed by atoms with Gasteiger partial charge in [0, 0.05) is 6.42 Å². The second-order valence-electron chi connectivity index (χ2n) is 3.31. The predicted octanol–water partition coefficient (Wildman–Crippen LogP) is -1.04. The van der Waals surface area contributed by atoms with Crippen LogP contribution in [0.1, 0.15) is 25.7 Å². The Kier molecular flexibility index (Phi) is 5.29. The van der Waals surface area contributed by atoms with Crippen LogP contribution in [0.25, 0.3) is 0 Å². The Balaban J connectivity index is 3.93. The Morgan fingerprint density at radius 1 is 0.875 bits per heavy atom. The molecular formula is C6H14O8S2. The van der Waals surface area contributed by atoms with E-state index in [4.69, 9.17) is 19.3 Å². The summed E-state index contributed by atoms with van der Waals surface area (Å²) in [6.07, 6.45) is -0.446. The summed E-state index contributed by atoms with van der Waals surface area (Å²) >= 11 is 0. The normalized spacial score (nSPS) is 14.0. The van der Waals surface area contributed by atoms with E-state index in [0.717, 1.165) is 0 Å². The van der Waals surface area contributed by atoms with Gasteiger partial charge in [0.05, 0.1) is 5.75 Å². The van der Waals surface area contributed by atoms with Crippen LogP contribution in [-0.2, 0) is 20.2 Å². The summed E-state index contributed by atoms with van der Waals surface area (Å²) in [6.45, 7) is 0. The van der Waals surface area contributed by atoms with E-state index < -0.39 is 37.5 Å². The molecule has 0 aliphatic carbocycles. The topological polar surface area (TPSA) is 149 Å². The van der Waals surface area contributed by atoms with Crippen LogP contribution in [-0.4, -0.2) is 47.0 Å². The molecule has 16 heavy (non-hydrogen) atoms. The minimum atomic E-state index is -4.97. The molecule has 0 heterocycles. The fraction of sp³-hybridized carbons (Fsp3) is 1.00. The molecule has 8 nitrogen and oxygen atoms in total. The number of hydrogen-bond donors (Lipinski definition) is 4. The first-order valence-corrected chi connectivity index (χ1v) is 7.37. The van der Waals surface area contributed by atoms with Crippen molar-refractivity contribution in [2.24, 2.45) is 0 Å². The summed E-state index contributed by atoms with van der Waals surface area (Å²) in [5, 5.41) is 14.5. The zero-order valence-electron chi connectivity index (χ0n) is 8.27. The highest BCUT2D eigenvalue weighted by atomic mass is 32.2. The van der Waals surface area contributed by atoms with E-state index in [2.05, 4.69) is 0 Å². The van der Waals surface area contributed by atoms with Crippen LogP contribution in [0.5, 0.6) is 0 Å². The molecule has 0 atom stereocenters. The Morgan fingerprint density at radius 3 is 1.75 bits per heavy atom. The number of rotatable bonds is 7. The lowest BCUT2D eigenvalue weighted by Crippen LogP contribution is -2.37. The summed E-state index contributed by atoms with van der Waals surface area (Å²) in [5.41, 5.74) is 0. The van der Waals surface area contributed by atoms with E-state index in [1.165, 1.54) is 0 Å². The SMILES string of the molecule is O=S(=O)(O)CCCCCC(O)(O)S(=O)(=O)O. The second kappa shape index (κ2) is 5.38. The summed E-state index contributed by atoms with van der Waals surface area (Å²) in [4.78, 5) is 0. The lowest BCUT2D eigenvalue weighted by molar-refractivity contribution is -0.0971. The van der Waals surface area contributed by atoms with E-state index in [9.17, 15) is 16.8 Å². The van der Waals surface area contributed by atoms with Crippen molar-refractivity contribution in [1.29, 1.82) is 0 Å². The van der Waals surface area contributed by atoms with Gasteiger partial charge in [0.2, 0.25) is 0 Å². The van der Waals surface area contributed by atoms with Crippen molar-refractivity contribution >= 4 is 20.2 Å². The molecule has 0 aliphatic rings. The molecular weight excluding hydrogens is 264 g/mol. The maximum Gasteiger partial charge on any atom is 0.321 e. The Morgan fingerprint density at radius 2 is 1.38 bits per heavy atom. The first-order valence-electron chi connectivity index (χ1n) is 4.33. The van der Waals surface area contributed by atoms with Gasteiger partial charge < -0.3 is 10.2 Å². The standard InChI is InChI=1S/C6H14O8S2/c7-6(8,16(12,13)14)4-2-1-3-5-15(9,10)11/h7-8H,1-5H2,(H,9,10,11)(H,12,13,14). The third-order valence-corrected chi connectivity index (χ3v) is 3.65. The molecule has 0 aromatic carbocycles. The fourth-order valence-electron chi connectivity index (χ4n) is 0.945. The molecule has 0 amide bonds. The third-order valence-electron chi connectivity index (χ3n) is 1.82. The zero-order valence-corrected chi connectivity index (χ0v) is 9.91. The highest BCUT2D eigenvalue weighted by Crippen LogP contribution is 2.17.